The predicted molar refractivity (Wildman–Crippen MR) is 56.0 cm³/mol. The van der Waals surface area contributed by atoms with Crippen molar-refractivity contribution in [3.05, 3.63) is 28.8 Å². The second kappa shape index (κ2) is 2.64. The van der Waals surface area contributed by atoms with E-state index in [2.05, 4.69) is 13.0 Å². The van der Waals surface area contributed by atoms with Gasteiger partial charge in [-0.3, -0.25) is 0 Å². The Labute approximate surface area is 79.8 Å². The Kier molecular flexibility index (Phi) is 1.74. The lowest BCUT2D eigenvalue weighted by Gasteiger charge is -1.91. The molecule has 0 aliphatic heterocycles. The van der Waals surface area contributed by atoms with Crippen molar-refractivity contribution in [3.8, 4) is 0 Å². The second-order valence-electron chi connectivity index (χ2n) is 2.78. The Balaban J connectivity index is 2.87. The quantitative estimate of drug-likeness (QED) is 0.688. The summed E-state index contributed by atoms with van der Waals surface area (Å²) in [5.41, 5.74) is 6.93. The standard InChI is InChI=1S/C9H8ClNS/c1-5-2-3-6-7(4-5)12-9(11)8(6)10/h2-4H,11H2,1H3. The molecule has 0 atom stereocenters. The van der Waals surface area contributed by atoms with E-state index < -0.39 is 0 Å². The molecule has 0 fully saturated rings. The highest BCUT2D eigenvalue weighted by molar-refractivity contribution is 7.23. The second-order valence-corrected chi connectivity index (χ2v) is 4.24. The van der Waals surface area contributed by atoms with E-state index in [0.29, 0.717) is 10.0 Å². The number of rotatable bonds is 0. The Hall–Kier alpha value is -0.730. The Morgan fingerprint density at radius 2 is 2.17 bits per heavy atom. The molecule has 0 aliphatic rings. The average molecular weight is 198 g/mol. The molecule has 0 spiro atoms. The van der Waals surface area contributed by atoms with Crippen molar-refractivity contribution in [3.63, 3.8) is 0 Å². The third-order valence-electron chi connectivity index (χ3n) is 1.81. The van der Waals surface area contributed by atoms with Gasteiger partial charge in [0, 0.05) is 10.1 Å². The normalized spacial score (nSPS) is 10.8. The van der Waals surface area contributed by atoms with Crippen LogP contribution in [0.3, 0.4) is 0 Å². The molecule has 1 heterocycles. The Bertz CT molecular complexity index is 433. The van der Waals surface area contributed by atoms with Crippen molar-refractivity contribution < 1.29 is 0 Å². The van der Waals surface area contributed by atoms with Gasteiger partial charge in [0.1, 0.15) is 5.00 Å². The van der Waals surface area contributed by atoms with Crippen LogP contribution in [0.4, 0.5) is 5.00 Å². The monoisotopic (exact) mass is 197 g/mol. The summed E-state index contributed by atoms with van der Waals surface area (Å²) in [6.45, 7) is 2.06. The van der Waals surface area contributed by atoms with Crippen LogP contribution in [0, 0.1) is 6.92 Å². The largest absolute Gasteiger partial charge is 0.389 e. The molecule has 0 unspecified atom stereocenters. The summed E-state index contributed by atoms with van der Waals surface area (Å²) < 4.78 is 1.16. The van der Waals surface area contributed by atoms with E-state index in [1.165, 1.54) is 16.9 Å². The predicted octanol–water partition coefficient (Wildman–Crippen LogP) is 3.45. The van der Waals surface area contributed by atoms with Gasteiger partial charge in [-0.2, -0.15) is 0 Å². The Morgan fingerprint density at radius 3 is 2.92 bits per heavy atom. The van der Waals surface area contributed by atoms with Gasteiger partial charge < -0.3 is 5.73 Å². The highest BCUT2D eigenvalue weighted by Gasteiger charge is 2.06. The summed E-state index contributed by atoms with van der Waals surface area (Å²) in [6.07, 6.45) is 0. The highest BCUT2D eigenvalue weighted by atomic mass is 35.5. The fourth-order valence-corrected chi connectivity index (χ4v) is 2.49. The summed E-state index contributed by atoms with van der Waals surface area (Å²) >= 11 is 7.52. The van der Waals surface area contributed by atoms with E-state index in [0.717, 1.165) is 10.1 Å². The first-order valence-electron chi connectivity index (χ1n) is 3.62. The molecule has 0 saturated carbocycles. The molecule has 0 amide bonds. The van der Waals surface area contributed by atoms with Crippen LogP contribution in [0.5, 0.6) is 0 Å². The number of hydrogen-bond donors (Lipinski definition) is 1. The van der Waals surface area contributed by atoms with Crippen LogP contribution in [-0.2, 0) is 0 Å². The molecule has 2 aromatic rings. The maximum atomic E-state index is 5.98. The van der Waals surface area contributed by atoms with Gasteiger partial charge in [-0.25, -0.2) is 0 Å². The van der Waals surface area contributed by atoms with Crippen LogP contribution in [0.2, 0.25) is 5.02 Å². The minimum Gasteiger partial charge on any atom is -0.389 e. The number of aryl methyl sites for hydroxylation is 1. The summed E-state index contributed by atoms with van der Waals surface area (Å²) in [5.74, 6) is 0. The van der Waals surface area contributed by atoms with Gasteiger partial charge in [-0.15, -0.1) is 11.3 Å². The summed E-state index contributed by atoms with van der Waals surface area (Å²) in [7, 11) is 0. The summed E-state index contributed by atoms with van der Waals surface area (Å²) in [5, 5.41) is 2.46. The van der Waals surface area contributed by atoms with Crippen LogP contribution in [-0.4, -0.2) is 0 Å². The molecule has 1 nitrogen and oxygen atoms in total. The number of halogens is 1. The topological polar surface area (TPSA) is 26.0 Å². The summed E-state index contributed by atoms with van der Waals surface area (Å²) in [6, 6.07) is 6.16. The molecule has 12 heavy (non-hydrogen) atoms. The number of hydrogen-bond acceptors (Lipinski definition) is 2. The molecule has 0 aliphatic carbocycles. The number of anilines is 1. The van der Waals surface area contributed by atoms with Gasteiger partial charge >= 0.3 is 0 Å². The van der Waals surface area contributed by atoms with Crippen LogP contribution in [0.25, 0.3) is 10.1 Å². The fraction of sp³-hybridized carbons (Fsp3) is 0.111. The van der Waals surface area contributed by atoms with Crippen LogP contribution >= 0.6 is 22.9 Å². The molecule has 2 rings (SSSR count). The van der Waals surface area contributed by atoms with Crippen molar-refractivity contribution in [1.82, 2.24) is 0 Å². The van der Waals surface area contributed by atoms with Gasteiger partial charge in [0.2, 0.25) is 0 Å². The van der Waals surface area contributed by atoms with Gasteiger partial charge in [-0.05, 0) is 18.6 Å². The fourth-order valence-electron chi connectivity index (χ4n) is 1.19. The van der Waals surface area contributed by atoms with Crippen molar-refractivity contribution in [2.24, 2.45) is 0 Å². The lowest BCUT2D eigenvalue weighted by Crippen LogP contribution is -1.76. The smallest absolute Gasteiger partial charge is 0.106 e. The maximum absolute atomic E-state index is 5.98. The molecule has 0 saturated heterocycles. The van der Waals surface area contributed by atoms with Crippen molar-refractivity contribution in [1.29, 1.82) is 0 Å². The van der Waals surface area contributed by atoms with Gasteiger partial charge in [0.15, 0.2) is 0 Å². The van der Waals surface area contributed by atoms with Crippen LogP contribution in [0.15, 0.2) is 18.2 Å². The zero-order valence-corrected chi connectivity index (χ0v) is 8.17. The highest BCUT2D eigenvalue weighted by Crippen LogP contribution is 2.37. The molecular formula is C9H8ClNS. The third-order valence-corrected chi connectivity index (χ3v) is 3.31. The Morgan fingerprint density at radius 1 is 1.42 bits per heavy atom. The molecular weight excluding hydrogens is 190 g/mol. The number of fused-ring (bicyclic) bond motifs is 1. The van der Waals surface area contributed by atoms with Crippen LogP contribution in [0.1, 0.15) is 5.56 Å². The summed E-state index contributed by atoms with van der Waals surface area (Å²) in [4.78, 5) is 0. The number of benzene rings is 1. The van der Waals surface area contributed by atoms with Gasteiger partial charge in [0.25, 0.3) is 0 Å². The molecule has 1 aromatic heterocycles. The molecule has 3 heteroatoms. The zero-order valence-electron chi connectivity index (χ0n) is 6.60. The average Bonchev–Trinajstić information content (AvgIpc) is 2.28. The van der Waals surface area contributed by atoms with Crippen molar-refractivity contribution >= 4 is 38.0 Å². The number of thiophene rings is 1. The van der Waals surface area contributed by atoms with Crippen molar-refractivity contribution in [2.45, 2.75) is 6.92 Å². The molecule has 62 valence electrons. The van der Waals surface area contributed by atoms with Crippen LogP contribution < -0.4 is 5.73 Å². The van der Waals surface area contributed by atoms with E-state index in [4.69, 9.17) is 17.3 Å². The zero-order chi connectivity index (χ0) is 8.72. The SMILES string of the molecule is Cc1ccc2c(Cl)c(N)sc2c1. The number of nitrogens with two attached hydrogens (primary N) is 1. The lowest BCUT2D eigenvalue weighted by molar-refractivity contribution is 1.52. The first kappa shape index (κ1) is 7.90. The first-order valence-corrected chi connectivity index (χ1v) is 4.82. The maximum Gasteiger partial charge on any atom is 0.106 e. The van der Waals surface area contributed by atoms with E-state index in [9.17, 15) is 0 Å². The molecule has 1 aromatic carbocycles. The lowest BCUT2D eigenvalue weighted by atomic mass is 10.2. The third kappa shape index (κ3) is 1.08. The van der Waals surface area contributed by atoms with Gasteiger partial charge in [-0.1, -0.05) is 23.7 Å². The minimum absolute atomic E-state index is 0.690. The van der Waals surface area contributed by atoms with E-state index >= 15 is 0 Å². The van der Waals surface area contributed by atoms with E-state index in [1.807, 2.05) is 12.1 Å². The number of nitrogen functional groups attached to an aromatic ring is 1. The molecule has 2 N–H and O–H groups in total. The van der Waals surface area contributed by atoms with E-state index in [-0.39, 0.29) is 0 Å². The van der Waals surface area contributed by atoms with Gasteiger partial charge in [0.05, 0.1) is 5.02 Å². The molecule has 0 bridgehead atoms. The molecule has 0 radical (unpaired) electrons. The first-order chi connectivity index (χ1) is 5.68. The minimum atomic E-state index is 0.690. The van der Waals surface area contributed by atoms with E-state index in [1.54, 1.807) is 0 Å². The van der Waals surface area contributed by atoms with Crippen molar-refractivity contribution in [2.75, 3.05) is 5.73 Å².